The first kappa shape index (κ1) is 16.9. The van der Waals surface area contributed by atoms with E-state index in [2.05, 4.69) is 10.3 Å². The second-order valence-corrected chi connectivity index (χ2v) is 6.91. The van der Waals surface area contributed by atoms with Crippen LogP contribution in [0.2, 0.25) is 10.0 Å². The average Bonchev–Trinajstić information content (AvgIpc) is 2.92. The van der Waals surface area contributed by atoms with Gasteiger partial charge in [-0.05, 0) is 36.8 Å². The number of para-hydroxylation sites is 1. The van der Waals surface area contributed by atoms with Crippen LogP contribution in [0, 0.1) is 6.92 Å². The van der Waals surface area contributed by atoms with E-state index in [1.54, 1.807) is 29.3 Å². The molecular formula is C20H15Cl2N3O. The second-order valence-electron chi connectivity index (χ2n) is 6.10. The molecule has 1 N–H and O–H groups in total. The Bertz CT molecular complexity index is 968. The van der Waals surface area contributed by atoms with Crippen molar-refractivity contribution >= 4 is 40.6 Å². The van der Waals surface area contributed by atoms with Crippen molar-refractivity contribution in [2.45, 2.75) is 13.1 Å². The minimum Gasteiger partial charge on any atom is -0.359 e. The number of aryl methyl sites for hydroxylation is 1. The molecule has 26 heavy (non-hydrogen) atoms. The van der Waals surface area contributed by atoms with Gasteiger partial charge in [0.05, 0.1) is 15.7 Å². The van der Waals surface area contributed by atoms with Crippen molar-refractivity contribution in [1.82, 2.24) is 4.98 Å². The van der Waals surface area contributed by atoms with Crippen molar-refractivity contribution in [2.75, 3.05) is 10.2 Å². The molecule has 1 aliphatic heterocycles. The fourth-order valence-corrected chi connectivity index (χ4v) is 3.58. The summed E-state index contributed by atoms with van der Waals surface area (Å²) in [5.41, 5.74) is 3.10. The van der Waals surface area contributed by atoms with Gasteiger partial charge in [-0.3, -0.25) is 9.69 Å². The van der Waals surface area contributed by atoms with Gasteiger partial charge in [-0.1, -0.05) is 53.5 Å². The van der Waals surface area contributed by atoms with E-state index in [1.807, 2.05) is 43.3 Å². The second kappa shape index (κ2) is 6.63. The molecule has 4 nitrogen and oxygen atoms in total. The largest absolute Gasteiger partial charge is 0.359 e. The molecule has 0 saturated carbocycles. The van der Waals surface area contributed by atoms with E-state index in [0.29, 0.717) is 27.1 Å². The smallest absolute Gasteiger partial charge is 0.261 e. The van der Waals surface area contributed by atoms with Gasteiger partial charge in [0.15, 0.2) is 0 Å². The number of halogens is 2. The Balaban J connectivity index is 1.82. The SMILES string of the molecule is Cc1ccc(N2C(=O)c3ccccc3[C@@H]2Nc2c(Cl)cccc2Cl)nc1. The lowest BCUT2D eigenvalue weighted by atomic mass is 10.1. The number of nitrogens with zero attached hydrogens (tertiary/aromatic N) is 2. The first-order chi connectivity index (χ1) is 12.6. The fraction of sp³-hybridized carbons (Fsp3) is 0.100. The van der Waals surface area contributed by atoms with E-state index < -0.39 is 6.17 Å². The molecule has 0 unspecified atom stereocenters. The number of benzene rings is 2. The van der Waals surface area contributed by atoms with Crippen LogP contribution < -0.4 is 10.2 Å². The van der Waals surface area contributed by atoms with Crippen molar-refractivity contribution in [3.63, 3.8) is 0 Å². The molecule has 1 aromatic heterocycles. The summed E-state index contributed by atoms with van der Waals surface area (Å²) in [4.78, 5) is 19.1. The highest BCUT2D eigenvalue weighted by atomic mass is 35.5. The number of hydrogen-bond donors (Lipinski definition) is 1. The van der Waals surface area contributed by atoms with Crippen LogP contribution in [0.1, 0.15) is 27.7 Å². The van der Waals surface area contributed by atoms with Gasteiger partial charge < -0.3 is 5.32 Å². The zero-order valence-electron chi connectivity index (χ0n) is 13.9. The maximum atomic E-state index is 13.0. The van der Waals surface area contributed by atoms with E-state index in [4.69, 9.17) is 23.2 Å². The molecular weight excluding hydrogens is 369 g/mol. The number of carbonyl (C=O) groups is 1. The summed E-state index contributed by atoms with van der Waals surface area (Å²) in [6, 6.07) is 16.5. The van der Waals surface area contributed by atoms with Crippen molar-refractivity contribution in [2.24, 2.45) is 0 Å². The van der Waals surface area contributed by atoms with Crippen LogP contribution in [-0.2, 0) is 0 Å². The molecule has 1 atom stereocenters. The first-order valence-electron chi connectivity index (χ1n) is 8.12. The number of nitrogens with one attached hydrogen (secondary N) is 1. The number of anilines is 2. The lowest BCUT2D eigenvalue weighted by molar-refractivity contribution is 0.0992. The van der Waals surface area contributed by atoms with E-state index in [1.165, 1.54) is 0 Å². The molecule has 2 aromatic carbocycles. The average molecular weight is 384 g/mol. The predicted molar refractivity (Wildman–Crippen MR) is 105 cm³/mol. The Morgan fingerprint density at radius 3 is 2.42 bits per heavy atom. The highest BCUT2D eigenvalue weighted by molar-refractivity contribution is 6.39. The van der Waals surface area contributed by atoms with Crippen molar-refractivity contribution in [3.05, 3.63) is 87.5 Å². The fourth-order valence-electron chi connectivity index (χ4n) is 3.07. The Kier molecular flexibility index (Phi) is 4.31. The van der Waals surface area contributed by atoms with Gasteiger partial charge in [0.25, 0.3) is 5.91 Å². The van der Waals surface area contributed by atoms with Crippen LogP contribution in [0.15, 0.2) is 60.8 Å². The number of rotatable bonds is 3. The summed E-state index contributed by atoms with van der Waals surface area (Å²) in [7, 11) is 0. The zero-order chi connectivity index (χ0) is 18.3. The highest BCUT2D eigenvalue weighted by Gasteiger charge is 2.38. The first-order valence-corrected chi connectivity index (χ1v) is 8.87. The minimum atomic E-state index is -0.452. The molecule has 2 heterocycles. The van der Waals surface area contributed by atoms with Gasteiger partial charge in [0.2, 0.25) is 0 Å². The van der Waals surface area contributed by atoms with Crippen LogP contribution in [0.3, 0.4) is 0 Å². The Labute approximate surface area is 161 Å². The summed E-state index contributed by atoms with van der Waals surface area (Å²) >= 11 is 12.6. The summed E-state index contributed by atoms with van der Waals surface area (Å²) in [6.45, 7) is 1.95. The maximum absolute atomic E-state index is 13.0. The van der Waals surface area contributed by atoms with Gasteiger partial charge in [-0.2, -0.15) is 0 Å². The van der Waals surface area contributed by atoms with Gasteiger partial charge in [0.1, 0.15) is 12.0 Å². The predicted octanol–water partition coefficient (Wildman–Crippen LogP) is 5.47. The normalized spacial score (nSPS) is 15.9. The lowest BCUT2D eigenvalue weighted by Gasteiger charge is -2.27. The zero-order valence-corrected chi connectivity index (χ0v) is 15.4. The summed E-state index contributed by atoms with van der Waals surface area (Å²) in [5.74, 6) is 0.454. The molecule has 0 radical (unpaired) electrons. The monoisotopic (exact) mass is 383 g/mol. The molecule has 4 rings (SSSR count). The van der Waals surface area contributed by atoms with E-state index in [9.17, 15) is 4.79 Å². The third-order valence-corrected chi connectivity index (χ3v) is 4.98. The molecule has 3 aromatic rings. The third-order valence-electron chi connectivity index (χ3n) is 4.35. The van der Waals surface area contributed by atoms with E-state index in [0.717, 1.165) is 11.1 Å². The number of aromatic nitrogens is 1. The lowest BCUT2D eigenvalue weighted by Crippen LogP contribution is -2.33. The van der Waals surface area contributed by atoms with Gasteiger partial charge in [-0.15, -0.1) is 0 Å². The number of carbonyl (C=O) groups excluding carboxylic acids is 1. The standard InChI is InChI=1S/C20H15Cl2N3O/c1-12-9-10-17(23-11-12)25-19(13-5-2-3-6-14(13)20(25)26)24-18-15(21)7-4-8-16(18)22/h2-11,19,24H,1H3/t19-/m1/s1. The van der Waals surface area contributed by atoms with Gasteiger partial charge in [-0.25, -0.2) is 4.98 Å². The third kappa shape index (κ3) is 2.81. The summed E-state index contributed by atoms with van der Waals surface area (Å²) in [6.07, 6.45) is 1.29. The molecule has 0 spiro atoms. The molecule has 1 amide bonds. The number of hydrogen-bond acceptors (Lipinski definition) is 3. The van der Waals surface area contributed by atoms with Crippen LogP contribution >= 0.6 is 23.2 Å². The number of amides is 1. The minimum absolute atomic E-state index is 0.113. The quantitative estimate of drug-likeness (QED) is 0.652. The van der Waals surface area contributed by atoms with Crippen molar-refractivity contribution < 1.29 is 4.79 Å². The Morgan fingerprint density at radius 2 is 1.73 bits per heavy atom. The van der Waals surface area contributed by atoms with Crippen molar-refractivity contribution in [1.29, 1.82) is 0 Å². The van der Waals surface area contributed by atoms with Crippen LogP contribution in [0.25, 0.3) is 0 Å². The molecule has 0 fully saturated rings. The Hall–Kier alpha value is -2.56. The molecule has 130 valence electrons. The molecule has 6 heteroatoms. The molecule has 0 saturated heterocycles. The topological polar surface area (TPSA) is 45.2 Å². The van der Waals surface area contributed by atoms with Crippen LogP contribution in [0.5, 0.6) is 0 Å². The van der Waals surface area contributed by atoms with Gasteiger partial charge >= 0.3 is 0 Å². The van der Waals surface area contributed by atoms with Crippen molar-refractivity contribution in [3.8, 4) is 0 Å². The number of fused-ring (bicyclic) bond motifs is 1. The Morgan fingerprint density at radius 1 is 1.00 bits per heavy atom. The summed E-state index contributed by atoms with van der Waals surface area (Å²) in [5, 5.41) is 4.31. The summed E-state index contributed by atoms with van der Waals surface area (Å²) < 4.78 is 0. The van der Waals surface area contributed by atoms with Crippen LogP contribution in [0.4, 0.5) is 11.5 Å². The maximum Gasteiger partial charge on any atom is 0.261 e. The van der Waals surface area contributed by atoms with Gasteiger partial charge in [0, 0.05) is 17.3 Å². The van der Waals surface area contributed by atoms with E-state index >= 15 is 0 Å². The van der Waals surface area contributed by atoms with Crippen LogP contribution in [-0.4, -0.2) is 10.9 Å². The highest BCUT2D eigenvalue weighted by Crippen LogP contribution is 2.40. The molecule has 0 aliphatic carbocycles. The van der Waals surface area contributed by atoms with E-state index in [-0.39, 0.29) is 5.91 Å². The molecule has 1 aliphatic rings. The number of pyridine rings is 1. The molecule has 0 bridgehead atoms.